The Morgan fingerprint density at radius 3 is 2.20 bits per heavy atom. The minimum atomic E-state index is -4.24. The summed E-state index contributed by atoms with van der Waals surface area (Å²) >= 11 is 0. The summed E-state index contributed by atoms with van der Waals surface area (Å²) in [5.74, 6) is -1.14. The van der Waals surface area contributed by atoms with Crippen LogP contribution in [0.1, 0.15) is 45.2 Å². The molecule has 1 N–H and O–H groups in total. The maximum Gasteiger partial charge on any atom is 0.264 e. The zero-order chi connectivity index (χ0) is 30.4. The van der Waals surface area contributed by atoms with Crippen LogP contribution in [-0.2, 0) is 26.2 Å². The maximum absolute atomic E-state index is 14.2. The summed E-state index contributed by atoms with van der Waals surface area (Å²) in [5.41, 5.74) is 0.985. The summed E-state index contributed by atoms with van der Waals surface area (Å²) in [4.78, 5) is 28.9. The number of benzene rings is 3. The third-order valence-electron chi connectivity index (χ3n) is 6.36. The average molecular weight is 584 g/mol. The van der Waals surface area contributed by atoms with Gasteiger partial charge in [0.05, 0.1) is 17.7 Å². The van der Waals surface area contributed by atoms with Gasteiger partial charge in [-0.15, -0.1) is 0 Å². The highest BCUT2D eigenvalue weighted by molar-refractivity contribution is 7.92. The number of carbonyl (C=O) groups excluding carboxylic acids is 2. The molecule has 10 heteroatoms. The fourth-order valence-electron chi connectivity index (χ4n) is 4.39. The van der Waals surface area contributed by atoms with E-state index < -0.39 is 39.9 Å². The molecule has 8 nitrogen and oxygen atoms in total. The number of carbonyl (C=O) groups is 2. The first-order chi connectivity index (χ1) is 19.3. The molecule has 0 heterocycles. The Morgan fingerprint density at radius 1 is 1.00 bits per heavy atom. The summed E-state index contributed by atoms with van der Waals surface area (Å²) in [6, 6.07) is 17.6. The van der Waals surface area contributed by atoms with Crippen LogP contribution in [0.25, 0.3) is 0 Å². The normalized spacial score (nSPS) is 12.4. The summed E-state index contributed by atoms with van der Waals surface area (Å²) in [7, 11) is -2.81. The summed E-state index contributed by atoms with van der Waals surface area (Å²) < 4.78 is 48.2. The molecule has 0 spiro atoms. The lowest BCUT2D eigenvalue weighted by molar-refractivity contribution is -0.141. The molecule has 0 unspecified atom stereocenters. The van der Waals surface area contributed by atoms with Gasteiger partial charge in [-0.2, -0.15) is 0 Å². The van der Waals surface area contributed by atoms with Crippen molar-refractivity contribution in [1.29, 1.82) is 0 Å². The molecular weight excluding hydrogens is 545 g/mol. The van der Waals surface area contributed by atoms with Crippen molar-refractivity contribution < 1.29 is 27.1 Å². The fraction of sp³-hybridized carbons (Fsp3) is 0.355. The molecule has 0 aliphatic heterocycles. The van der Waals surface area contributed by atoms with Gasteiger partial charge in [0, 0.05) is 12.1 Å². The molecule has 0 radical (unpaired) electrons. The van der Waals surface area contributed by atoms with Crippen molar-refractivity contribution in [2.24, 2.45) is 0 Å². The first kappa shape index (κ1) is 31.6. The number of sulfonamides is 1. The SMILES string of the molecule is CC[C@@H](C(=O)NC(C)(C)C)N(Cc1ccc(F)cc1)C(=O)CN(c1cc(C)ccc1OC)S(=O)(=O)c1ccccc1. The highest BCUT2D eigenvalue weighted by Crippen LogP contribution is 2.33. The van der Waals surface area contributed by atoms with E-state index in [1.807, 2.05) is 27.7 Å². The van der Waals surface area contributed by atoms with Crippen LogP contribution < -0.4 is 14.4 Å². The average Bonchev–Trinajstić information content (AvgIpc) is 2.92. The van der Waals surface area contributed by atoms with Gasteiger partial charge in [0.25, 0.3) is 10.0 Å². The number of hydrogen-bond donors (Lipinski definition) is 1. The molecule has 41 heavy (non-hydrogen) atoms. The Labute approximate surface area is 242 Å². The van der Waals surface area contributed by atoms with Crippen LogP contribution in [0.2, 0.25) is 0 Å². The quantitative estimate of drug-likeness (QED) is 0.341. The smallest absolute Gasteiger partial charge is 0.264 e. The third-order valence-corrected chi connectivity index (χ3v) is 8.14. The lowest BCUT2D eigenvalue weighted by Gasteiger charge is -2.35. The number of aryl methyl sites for hydroxylation is 1. The number of methoxy groups -OCH3 is 1. The van der Waals surface area contributed by atoms with Gasteiger partial charge >= 0.3 is 0 Å². The third kappa shape index (κ3) is 8.07. The standard InChI is InChI=1S/C31H38FN3O5S/c1-7-26(30(37)33-31(3,4)5)34(20-23-14-16-24(32)17-15-23)29(36)21-35(27-19-22(2)13-18-28(27)40-6)41(38,39)25-11-9-8-10-12-25/h8-19,26H,7,20-21H2,1-6H3,(H,33,37)/t26-/m0/s1. The summed E-state index contributed by atoms with van der Waals surface area (Å²) in [6.07, 6.45) is 0.272. The molecule has 1 atom stereocenters. The number of hydrogen-bond acceptors (Lipinski definition) is 5. The molecular formula is C31H38FN3O5S. The molecule has 2 amide bonds. The number of nitrogens with zero attached hydrogens (tertiary/aromatic N) is 2. The molecule has 0 saturated carbocycles. The first-order valence-corrected chi connectivity index (χ1v) is 14.8. The zero-order valence-electron chi connectivity index (χ0n) is 24.3. The van der Waals surface area contributed by atoms with E-state index in [1.165, 1.54) is 48.4 Å². The van der Waals surface area contributed by atoms with Crippen molar-refractivity contribution in [2.75, 3.05) is 18.0 Å². The predicted molar refractivity (Wildman–Crippen MR) is 158 cm³/mol. The second-order valence-corrected chi connectivity index (χ2v) is 12.7. The van der Waals surface area contributed by atoms with Crippen molar-refractivity contribution >= 4 is 27.5 Å². The Bertz CT molecular complexity index is 1460. The van der Waals surface area contributed by atoms with E-state index in [0.717, 1.165) is 9.87 Å². The number of amides is 2. The van der Waals surface area contributed by atoms with Crippen molar-refractivity contribution in [3.05, 3.63) is 89.7 Å². The highest BCUT2D eigenvalue weighted by Gasteiger charge is 2.35. The zero-order valence-corrected chi connectivity index (χ0v) is 25.2. The van der Waals surface area contributed by atoms with E-state index in [4.69, 9.17) is 4.74 Å². The number of rotatable bonds is 11. The van der Waals surface area contributed by atoms with Gasteiger partial charge in [-0.1, -0.05) is 43.3 Å². The molecule has 0 fully saturated rings. The number of halogens is 1. The minimum Gasteiger partial charge on any atom is -0.495 e. The Balaban J connectivity index is 2.12. The number of nitrogens with one attached hydrogen (secondary N) is 1. The molecule has 0 aromatic heterocycles. The Kier molecular flexibility index (Phi) is 10.1. The monoisotopic (exact) mass is 583 g/mol. The van der Waals surface area contributed by atoms with E-state index in [0.29, 0.717) is 5.56 Å². The van der Waals surface area contributed by atoms with Crippen molar-refractivity contribution in [2.45, 2.75) is 64.1 Å². The maximum atomic E-state index is 14.2. The van der Waals surface area contributed by atoms with Crippen molar-refractivity contribution in [3.63, 3.8) is 0 Å². The van der Waals surface area contributed by atoms with E-state index in [1.54, 1.807) is 43.3 Å². The Hall–Kier alpha value is -3.92. The molecule has 3 rings (SSSR count). The van der Waals surface area contributed by atoms with Crippen LogP contribution in [0.5, 0.6) is 5.75 Å². The van der Waals surface area contributed by atoms with Gasteiger partial charge in [-0.3, -0.25) is 13.9 Å². The molecule has 220 valence electrons. The van der Waals surface area contributed by atoms with Gasteiger partial charge in [-0.05, 0) is 81.6 Å². The van der Waals surface area contributed by atoms with Crippen LogP contribution in [-0.4, -0.2) is 50.4 Å². The van der Waals surface area contributed by atoms with E-state index >= 15 is 0 Å². The van der Waals surface area contributed by atoms with Gasteiger partial charge in [0.1, 0.15) is 24.2 Å². The van der Waals surface area contributed by atoms with Crippen molar-refractivity contribution in [3.8, 4) is 5.75 Å². The molecule has 3 aromatic carbocycles. The van der Waals surface area contributed by atoms with Crippen LogP contribution in [0.15, 0.2) is 77.7 Å². The predicted octanol–water partition coefficient (Wildman–Crippen LogP) is 5.06. The van der Waals surface area contributed by atoms with Crippen LogP contribution in [0, 0.1) is 12.7 Å². The molecule has 3 aromatic rings. The van der Waals surface area contributed by atoms with Crippen LogP contribution >= 0.6 is 0 Å². The van der Waals surface area contributed by atoms with Crippen LogP contribution in [0.3, 0.4) is 0 Å². The van der Waals surface area contributed by atoms with Crippen LogP contribution in [0.4, 0.5) is 10.1 Å². The van der Waals surface area contributed by atoms with E-state index in [2.05, 4.69) is 5.32 Å². The first-order valence-electron chi connectivity index (χ1n) is 13.3. The minimum absolute atomic E-state index is 0.000962. The van der Waals surface area contributed by atoms with Gasteiger partial charge in [-0.25, -0.2) is 12.8 Å². The van der Waals surface area contributed by atoms with Crippen molar-refractivity contribution in [1.82, 2.24) is 10.2 Å². The van der Waals surface area contributed by atoms with E-state index in [-0.39, 0.29) is 35.2 Å². The molecule has 0 aliphatic carbocycles. The molecule has 0 saturated heterocycles. The largest absolute Gasteiger partial charge is 0.495 e. The topological polar surface area (TPSA) is 96.0 Å². The number of ether oxygens (including phenoxy) is 1. The second-order valence-electron chi connectivity index (χ2n) is 10.8. The summed E-state index contributed by atoms with van der Waals surface area (Å²) in [6.45, 7) is 8.46. The second kappa shape index (κ2) is 13.2. The van der Waals surface area contributed by atoms with Gasteiger partial charge < -0.3 is 15.0 Å². The number of anilines is 1. The van der Waals surface area contributed by atoms with E-state index in [9.17, 15) is 22.4 Å². The molecule has 0 bridgehead atoms. The van der Waals surface area contributed by atoms with Gasteiger partial charge in [0.2, 0.25) is 11.8 Å². The molecule has 0 aliphatic rings. The summed E-state index contributed by atoms with van der Waals surface area (Å²) in [5, 5.41) is 2.92. The lowest BCUT2D eigenvalue weighted by atomic mass is 10.1. The highest BCUT2D eigenvalue weighted by atomic mass is 32.2. The fourth-order valence-corrected chi connectivity index (χ4v) is 5.82. The Morgan fingerprint density at radius 2 is 1.63 bits per heavy atom. The lowest BCUT2D eigenvalue weighted by Crippen LogP contribution is -2.55. The van der Waals surface area contributed by atoms with Gasteiger partial charge in [0.15, 0.2) is 0 Å².